The lowest BCUT2D eigenvalue weighted by Gasteiger charge is -2.07. The van der Waals surface area contributed by atoms with Gasteiger partial charge in [-0.3, -0.25) is 0 Å². The molecule has 0 aliphatic rings. The summed E-state index contributed by atoms with van der Waals surface area (Å²) in [7, 11) is 2.06. The van der Waals surface area contributed by atoms with Crippen molar-refractivity contribution in [2.24, 2.45) is 7.05 Å². The molecule has 28 heavy (non-hydrogen) atoms. The van der Waals surface area contributed by atoms with Crippen LogP contribution in [0.2, 0.25) is 0 Å². The maximum Gasteiger partial charge on any atom is 0.191 e. The van der Waals surface area contributed by atoms with Gasteiger partial charge in [0.05, 0.1) is 5.69 Å². The maximum atomic E-state index is 4.81. The number of aromatic nitrogens is 5. The zero-order chi connectivity index (χ0) is 19.5. The highest BCUT2D eigenvalue weighted by atomic mass is 32.2. The van der Waals surface area contributed by atoms with Gasteiger partial charge in [0.25, 0.3) is 0 Å². The number of thioether (sulfide) groups is 1. The molecular formula is C21H23N5S2. The number of benzene rings is 1. The number of rotatable bonds is 7. The van der Waals surface area contributed by atoms with Gasteiger partial charge in [0.1, 0.15) is 10.8 Å². The van der Waals surface area contributed by atoms with Crippen LogP contribution in [0.3, 0.4) is 0 Å². The molecule has 0 radical (unpaired) electrons. The van der Waals surface area contributed by atoms with Crippen LogP contribution in [0.1, 0.15) is 29.7 Å². The Kier molecular flexibility index (Phi) is 5.64. The van der Waals surface area contributed by atoms with Gasteiger partial charge in [-0.2, -0.15) is 0 Å². The first-order chi connectivity index (χ1) is 13.6. The van der Waals surface area contributed by atoms with Crippen molar-refractivity contribution >= 4 is 23.1 Å². The van der Waals surface area contributed by atoms with Crippen LogP contribution in [0.15, 0.2) is 53.1 Å². The Balaban J connectivity index is 1.46. The summed E-state index contributed by atoms with van der Waals surface area (Å²) in [6.07, 6.45) is 2.85. The Morgan fingerprint density at radius 1 is 1.14 bits per heavy atom. The van der Waals surface area contributed by atoms with Gasteiger partial charge >= 0.3 is 0 Å². The molecule has 0 aliphatic carbocycles. The molecule has 144 valence electrons. The molecule has 0 N–H and O–H groups in total. The van der Waals surface area contributed by atoms with Gasteiger partial charge in [-0.1, -0.05) is 35.5 Å². The number of hydrogen-bond donors (Lipinski definition) is 0. The minimum atomic E-state index is 0.791. The Labute approximate surface area is 173 Å². The molecular weight excluding hydrogens is 386 g/mol. The Hall–Kier alpha value is -2.38. The van der Waals surface area contributed by atoms with Gasteiger partial charge in [-0.05, 0) is 32.0 Å². The lowest BCUT2D eigenvalue weighted by Crippen LogP contribution is -2.06. The van der Waals surface area contributed by atoms with Gasteiger partial charge in [-0.15, -0.1) is 21.5 Å². The van der Waals surface area contributed by atoms with Crippen molar-refractivity contribution in [2.75, 3.05) is 0 Å². The fourth-order valence-corrected chi connectivity index (χ4v) is 4.97. The molecule has 4 rings (SSSR count). The van der Waals surface area contributed by atoms with E-state index >= 15 is 0 Å². The summed E-state index contributed by atoms with van der Waals surface area (Å²) >= 11 is 3.40. The summed E-state index contributed by atoms with van der Waals surface area (Å²) in [6.45, 7) is 5.11. The number of aryl methyl sites for hydroxylation is 2. The molecule has 0 bridgehead atoms. The number of thiazole rings is 1. The molecule has 0 saturated heterocycles. The predicted molar refractivity (Wildman–Crippen MR) is 116 cm³/mol. The van der Waals surface area contributed by atoms with Gasteiger partial charge in [0.2, 0.25) is 0 Å². The summed E-state index contributed by atoms with van der Waals surface area (Å²) in [6, 6.07) is 12.7. The molecule has 0 atom stereocenters. The SMILES string of the molecule is CCn1c(Cc2cccn2C)nnc1SCc1csc(-c2cccc(C)c2)n1. The second kappa shape index (κ2) is 8.32. The third kappa shape index (κ3) is 4.05. The fraction of sp³-hybridized carbons (Fsp3) is 0.286. The molecule has 5 nitrogen and oxygen atoms in total. The molecule has 0 spiro atoms. The van der Waals surface area contributed by atoms with Gasteiger partial charge in [-0.25, -0.2) is 4.98 Å². The zero-order valence-corrected chi connectivity index (χ0v) is 17.9. The maximum absolute atomic E-state index is 4.81. The van der Waals surface area contributed by atoms with E-state index in [-0.39, 0.29) is 0 Å². The summed E-state index contributed by atoms with van der Waals surface area (Å²) in [5.74, 6) is 1.80. The van der Waals surface area contributed by atoms with Crippen molar-refractivity contribution in [1.29, 1.82) is 0 Å². The van der Waals surface area contributed by atoms with Crippen molar-refractivity contribution in [3.63, 3.8) is 0 Å². The average Bonchev–Trinajstić information content (AvgIpc) is 3.41. The molecule has 7 heteroatoms. The Morgan fingerprint density at radius 3 is 2.79 bits per heavy atom. The summed E-state index contributed by atoms with van der Waals surface area (Å²) in [5, 5.41) is 13.0. The normalized spacial score (nSPS) is 11.2. The van der Waals surface area contributed by atoms with E-state index in [2.05, 4.69) is 88.2 Å². The zero-order valence-electron chi connectivity index (χ0n) is 16.3. The van der Waals surface area contributed by atoms with E-state index < -0.39 is 0 Å². The quantitative estimate of drug-likeness (QED) is 0.405. The lowest BCUT2D eigenvalue weighted by atomic mass is 10.1. The first kappa shape index (κ1) is 19.0. The second-order valence-corrected chi connectivity index (χ2v) is 8.53. The highest BCUT2D eigenvalue weighted by Gasteiger charge is 2.14. The molecule has 0 aliphatic heterocycles. The van der Waals surface area contributed by atoms with Gasteiger partial charge < -0.3 is 9.13 Å². The van der Waals surface area contributed by atoms with Crippen LogP contribution < -0.4 is 0 Å². The van der Waals surface area contributed by atoms with E-state index in [1.807, 2.05) is 0 Å². The lowest BCUT2D eigenvalue weighted by molar-refractivity contribution is 0.645. The molecule has 4 aromatic rings. The van der Waals surface area contributed by atoms with E-state index in [9.17, 15) is 0 Å². The van der Waals surface area contributed by atoms with Gasteiger partial charge in [0, 0.05) is 48.6 Å². The topological polar surface area (TPSA) is 48.5 Å². The average molecular weight is 410 g/mol. The number of nitrogens with zero attached hydrogens (tertiary/aromatic N) is 5. The van der Waals surface area contributed by atoms with E-state index in [1.54, 1.807) is 23.1 Å². The van der Waals surface area contributed by atoms with Crippen LogP contribution in [-0.2, 0) is 25.8 Å². The summed E-state index contributed by atoms with van der Waals surface area (Å²) in [4.78, 5) is 4.81. The van der Waals surface area contributed by atoms with Crippen LogP contribution >= 0.6 is 23.1 Å². The van der Waals surface area contributed by atoms with Crippen LogP contribution in [0.25, 0.3) is 10.6 Å². The van der Waals surface area contributed by atoms with E-state index in [1.165, 1.54) is 16.8 Å². The van der Waals surface area contributed by atoms with Crippen molar-refractivity contribution in [2.45, 2.75) is 37.7 Å². The minimum Gasteiger partial charge on any atom is -0.354 e. The molecule has 0 saturated carbocycles. The van der Waals surface area contributed by atoms with Crippen LogP contribution in [0, 0.1) is 6.92 Å². The first-order valence-corrected chi connectivity index (χ1v) is 11.2. The molecule has 1 aromatic carbocycles. The summed E-state index contributed by atoms with van der Waals surface area (Å²) in [5.41, 5.74) is 4.76. The van der Waals surface area contributed by atoms with Crippen LogP contribution in [0.5, 0.6) is 0 Å². The number of hydrogen-bond acceptors (Lipinski definition) is 5. The van der Waals surface area contributed by atoms with E-state index in [0.29, 0.717) is 0 Å². The van der Waals surface area contributed by atoms with Crippen molar-refractivity contribution < 1.29 is 0 Å². The Bertz CT molecular complexity index is 1080. The third-order valence-electron chi connectivity index (χ3n) is 4.67. The van der Waals surface area contributed by atoms with Crippen molar-refractivity contribution in [3.8, 4) is 10.6 Å². The Morgan fingerprint density at radius 2 is 2.04 bits per heavy atom. The van der Waals surface area contributed by atoms with Crippen LogP contribution in [0.4, 0.5) is 0 Å². The third-order valence-corrected chi connectivity index (χ3v) is 6.61. The highest BCUT2D eigenvalue weighted by molar-refractivity contribution is 7.98. The fourth-order valence-electron chi connectivity index (χ4n) is 3.14. The molecule has 3 heterocycles. The smallest absolute Gasteiger partial charge is 0.191 e. The van der Waals surface area contributed by atoms with Crippen molar-refractivity contribution in [1.82, 2.24) is 24.3 Å². The highest BCUT2D eigenvalue weighted by Crippen LogP contribution is 2.28. The van der Waals surface area contributed by atoms with E-state index in [4.69, 9.17) is 4.98 Å². The van der Waals surface area contributed by atoms with Crippen molar-refractivity contribution in [3.05, 3.63) is 70.8 Å². The largest absolute Gasteiger partial charge is 0.354 e. The molecule has 0 fully saturated rings. The molecule has 0 unspecified atom stereocenters. The van der Waals surface area contributed by atoms with E-state index in [0.717, 1.165) is 40.4 Å². The first-order valence-electron chi connectivity index (χ1n) is 9.30. The molecule has 3 aromatic heterocycles. The van der Waals surface area contributed by atoms with Crippen LogP contribution in [-0.4, -0.2) is 24.3 Å². The second-order valence-electron chi connectivity index (χ2n) is 6.73. The minimum absolute atomic E-state index is 0.791. The monoisotopic (exact) mass is 409 g/mol. The summed E-state index contributed by atoms with van der Waals surface area (Å²) < 4.78 is 4.33. The predicted octanol–water partition coefficient (Wildman–Crippen LogP) is 4.95. The molecule has 0 amide bonds. The standard InChI is InChI=1S/C21H23N5S2/c1-4-26-19(12-18-9-6-10-25(18)3)23-24-21(26)28-14-17-13-27-20(22-17)16-8-5-7-15(2)11-16/h5-11,13H,4,12,14H2,1-3H3. The van der Waals surface area contributed by atoms with Gasteiger partial charge in [0.15, 0.2) is 5.16 Å².